The van der Waals surface area contributed by atoms with Gasteiger partial charge in [0.25, 0.3) is 5.91 Å². The Hall–Kier alpha value is -2.67. The molecule has 0 spiro atoms. The molecule has 1 aromatic carbocycles. The lowest BCUT2D eigenvalue weighted by Gasteiger charge is -2.22. The van der Waals surface area contributed by atoms with E-state index in [1.54, 1.807) is 32.2 Å². The average Bonchev–Trinajstić information content (AvgIpc) is 3.19. The Bertz CT molecular complexity index is 776. The first kappa shape index (κ1) is 16.2. The maximum absolute atomic E-state index is 12.7. The summed E-state index contributed by atoms with van der Waals surface area (Å²) in [6, 6.07) is 10.3. The van der Waals surface area contributed by atoms with Crippen molar-refractivity contribution in [3.8, 4) is 0 Å². The summed E-state index contributed by atoms with van der Waals surface area (Å²) in [5.74, 6) is -0.750. The number of thiophene rings is 1. The first-order chi connectivity index (χ1) is 11.4. The third kappa shape index (κ3) is 2.67. The summed E-state index contributed by atoms with van der Waals surface area (Å²) < 4.78 is 0. The first-order valence-corrected chi connectivity index (χ1v) is 8.36. The van der Waals surface area contributed by atoms with Crippen molar-refractivity contribution in [2.24, 2.45) is 0 Å². The van der Waals surface area contributed by atoms with Crippen molar-refractivity contribution in [3.63, 3.8) is 0 Å². The number of benzene rings is 1. The number of nitrogens with one attached hydrogen (secondary N) is 1. The molecule has 1 aliphatic heterocycles. The Morgan fingerprint density at radius 2 is 1.96 bits per heavy atom. The molecule has 2 aromatic rings. The molecule has 0 radical (unpaired) electrons. The van der Waals surface area contributed by atoms with Gasteiger partial charge in [-0.05, 0) is 41.4 Å². The van der Waals surface area contributed by atoms with Crippen LogP contribution in [-0.4, -0.2) is 36.3 Å². The van der Waals surface area contributed by atoms with E-state index in [-0.39, 0.29) is 12.5 Å². The van der Waals surface area contributed by atoms with Gasteiger partial charge in [-0.1, -0.05) is 18.2 Å². The van der Waals surface area contributed by atoms with Crippen molar-refractivity contribution in [1.82, 2.24) is 10.2 Å². The number of nitrogens with zero attached hydrogens (tertiary/aromatic N) is 2. The van der Waals surface area contributed by atoms with Crippen LogP contribution in [0.25, 0.3) is 0 Å². The molecule has 0 saturated carbocycles. The number of amides is 4. The lowest BCUT2D eigenvalue weighted by molar-refractivity contribution is -0.134. The molecule has 0 bridgehead atoms. The van der Waals surface area contributed by atoms with Crippen molar-refractivity contribution in [2.75, 3.05) is 18.5 Å². The van der Waals surface area contributed by atoms with Gasteiger partial charge < -0.3 is 10.2 Å². The minimum atomic E-state index is -1.12. The monoisotopic (exact) mass is 343 g/mol. The van der Waals surface area contributed by atoms with E-state index in [0.717, 1.165) is 10.5 Å². The molecule has 1 fully saturated rings. The number of rotatable bonds is 4. The summed E-state index contributed by atoms with van der Waals surface area (Å²) in [6.07, 6.45) is 0. The van der Waals surface area contributed by atoms with E-state index < -0.39 is 17.5 Å². The quantitative estimate of drug-likeness (QED) is 0.865. The molecule has 2 heterocycles. The van der Waals surface area contributed by atoms with Crippen molar-refractivity contribution >= 4 is 34.9 Å². The summed E-state index contributed by atoms with van der Waals surface area (Å²) in [6.45, 7) is 1.36. The average molecular weight is 343 g/mol. The van der Waals surface area contributed by atoms with E-state index in [2.05, 4.69) is 5.32 Å². The fraction of sp³-hybridized carbons (Fsp3) is 0.235. The van der Waals surface area contributed by atoms with Gasteiger partial charge in [0.2, 0.25) is 5.91 Å². The summed E-state index contributed by atoms with van der Waals surface area (Å²) in [7, 11) is 1.62. The van der Waals surface area contributed by atoms with Crippen molar-refractivity contribution < 1.29 is 14.4 Å². The summed E-state index contributed by atoms with van der Waals surface area (Å²) >= 11 is 1.45. The normalized spacial score (nSPS) is 20.2. The molecule has 1 atom stereocenters. The molecule has 4 amide bonds. The van der Waals surface area contributed by atoms with Crippen LogP contribution in [0.2, 0.25) is 0 Å². The SMILES string of the molecule is CN(C(=O)CN1C(=O)N[C@@](C)(c2ccsc2)C1=O)c1ccccc1. The number of likely N-dealkylation sites (N-methyl/N-ethyl adjacent to an activating group) is 1. The van der Waals surface area contributed by atoms with Gasteiger partial charge in [-0.2, -0.15) is 11.3 Å². The van der Waals surface area contributed by atoms with E-state index in [4.69, 9.17) is 0 Å². The predicted octanol–water partition coefficient (Wildman–Crippen LogP) is 2.18. The van der Waals surface area contributed by atoms with Gasteiger partial charge in [-0.15, -0.1) is 0 Å². The highest BCUT2D eigenvalue weighted by molar-refractivity contribution is 7.08. The topological polar surface area (TPSA) is 69.7 Å². The van der Waals surface area contributed by atoms with Crippen LogP contribution in [0.5, 0.6) is 0 Å². The Labute approximate surface area is 143 Å². The van der Waals surface area contributed by atoms with Gasteiger partial charge in [-0.3, -0.25) is 14.5 Å². The zero-order valence-electron chi connectivity index (χ0n) is 13.4. The lowest BCUT2D eigenvalue weighted by atomic mass is 9.95. The van der Waals surface area contributed by atoms with E-state index in [1.165, 1.54) is 16.2 Å². The fourth-order valence-corrected chi connectivity index (χ4v) is 3.39. The molecule has 1 aliphatic rings. The second kappa shape index (κ2) is 6.09. The highest BCUT2D eigenvalue weighted by Gasteiger charge is 2.49. The molecular formula is C17H17N3O3S. The molecule has 24 heavy (non-hydrogen) atoms. The Morgan fingerprint density at radius 1 is 1.25 bits per heavy atom. The van der Waals surface area contributed by atoms with Gasteiger partial charge in [0.05, 0.1) is 0 Å². The Morgan fingerprint density at radius 3 is 2.58 bits per heavy atom. The smallest absolute Gasteiger partial charge is 0.319 e. The molecule has 124 valence electrons. The van der Waals surface area contributed by atoms with Crippen LogP contribution in [0, 0.1) is 0 Å². The molecule has 0 aliphatic carbocycles. The number of para-hydroxylation sites is 1. The minimum absolute atomic E-state index is 0.296. The number of hydrogen-bond donors (Lipinski definition) is 1. The Balaban J connectivity index is 1.77. The third-order valence-corrected chi connectivity index (χ3v) is 4.87. The van der Waals surface area contributed by atoms with Crippen LogP contribution in [0.15, 0.2) is 47.2 Å². The molecule has 6 nitrogen and oxygen atoms in total. The van der Waals surface area contributed by atoms with Crippen molar-refractivity contribution in [1.29, 1.82) is 0 Å². The van der Waals surface area contributed by atoms with Gasteiger partial charge in [0, 0.05) is 12.7 Å². The van der Waals surface area contributed by atoms with Crippen molar-refractivity contribution in [2.45, 2.75) is 12.5 Å². The largest absolute Gasteiger partial charge is 0.325 e. The summed E-state index contributed by atoms with van der Waals surface area (Å²) in [5.41, 5.74) is 0.301. The first-order valence-electron chi connectivity index (χ1n) is 7.42. The number of carbonyl (C=O) groups is 3. The number of anilines is 1. The molecular weight excluding hydrogens is 326 g/mol. The summed E-state index contributed by atoms with van der Waals surface area (Å²) in [4.78, 5) is 39.8. The van der Waals surface area contributed by atoms with Crippen LogP contribution in [0.4, 0.5) is 10.5 Å². The highest BCUT2D eigenvalue weighted by atomic mass is 32.1. The molecule has 7 heteroatoms. The van der Waals surface area contributed by atoms with Crippen LogP contribution >= 0.6 is 11.3 Å². The lowest BCUT2D eigenvalue weighted by Crippen LogP contribution is -2.43. The van der Waals surface area contributed by atoms with Crippen LogP contribution in [0.1, 0.15) is 12.5 Å². The van der Waals surface area contributed by atoms with Gasteiger partial charge in [-0.25, -0.2) is 4.79 Å². The third-order valence-electron chi connectivity index (χ3n) is 4.18. The zero-order chi connectivity index (χ0) is 17.3. The van der Waals surface area contributed by atoms with Gasteiger partial charge in [0.15, 0.2) is 0 Å². The second-order valence-electron chi connectivity index (χ2n) is 5.75. The maximum atomic E-state index is 12.7. The number of imide groups is 1. The summed E-state index contributed by atoms with van der Waals surface area (Å²) in [5, 5.41) is 6.35. The Kier molecular flexibility index (Phi) is 4.11. The minimum Gasteiger partial charge on any atom is -0.319 e. The second-order valence-corrected chi connectivity index (χ2v) is 6.53. The predicted molar refractivity (Wildman–Crippen MR) is 91.8 cm³/mol. The number of carbonyl (C=O) groups excluding carboxylic acids is 3. The highest BCUT2D eigenvalue weighted by Crippen LogP contribution is 2.30. The van der Waals surface area contributed by atoms with Crippen molar-refractivity contribution in [3.05, 3.63) is 52.7 Å². The fourth-order valence-electron chi connectivity index (χ4n) is 2.62. The van der Waals surface area contributed by atoms with E-state index in [0.29, 0.717) is 5.69 Å². The number of hydrogen-bond acceptors (Lipinski definition) is 4. The maximum Gasteiger partial charge on any atom is 0.325 e. The molecule has 1 aromatic heterocycles. The van der Waals surface area contributed by atoms with Gasteiger partial charge >= 0.3 is 6.03 Å². The standard InChI is InChI=1S/C17H17N3O3S/c1-17(12-8-9-24-11-12)15(22)20(16(23)18-17)10-14(21)19(2)13-6-4-3-5-7-13/h3-9,11H,10H2,1-2H3,(H,18,23)/t17-/m0/s1. The zero-order valence-corrected chi connectivity index (χ0v) is 14.2. The molecule has 0 unspecified atom stereocenters. The van der Waals surface area contributed by atoms with E-state index in [1.807, 2.05) is 29.0 Å². The van der Waals surface area contributed by atoms with Crippen LogP contribution in [-0.2, 0) is 15.1 Å². The van der Waals surface area contributed by atoms with Crippen LogP contribution in [0.3, 0.4) is 0 Å². The van der Waals surface area contributed by atoms with Crippen LogP contribution < -0.4 is 10.2 Å². The van der Waals surface area contributed by atoms with E-state index >= 15 is 0 Å². The van der Waals surface area contributed by atoms with Gasteiger partial charge in [0.1, 0.15) is 12.1 Å². The molecule has 1 N–H and O–H groups in total. The number of urea groups is 1. The molecule has 1 saturated heterocycles. The molecule has 3 rings (SSSR count). The van der Waals surface area contributed by atoms with E-state index in [9.17, 15) is 14.4 Å².